The minimum Gasteiger partial charge on any atom is -0.383 e. The second kappa shape index (κ2) is 11.7. The summed E-state index contributed by atoms with van der Waals surface area (Å²) in [6, 6.07) is 9.18. The first kappa shape index (κ1) is 21.2. The van der Waals surface area contributed by atoms with Gasteiger partial charge in [-0.2, -0.15) is 0 Å². The minimum atomic E-state index is 0. The van der Waals surface area contributed by atoms with Crippen molar-refractivity contribution < 1.29 is 4.74 Å². The third-order valence-corrected chi connectivity index (χ3v) is 4.27. The molecule has 1 aliphatic rings. The van der Waals surface area contributed by atoms with Crippen molar-refractivity contribution in [2.24, 2.45) is 4.99 Å². The number of hydrogen-bond acceptors (Lipinski definition) is 3. The molecule has 0 aliphatic heterocycles. The van der Waals surface area contributed by atoms with Gasteiger partial charge in [0.2, 0.25) is 0 Å². The van der Waals surface area contributed by atoms with Crippen LogP contribution in [0.3, 0.4) is 0 Å². The number of methoxy groups -OCH3 is 1. The second-order valence-electron chi connectivity index (χ2n) is 6.04. The summed E-state index contributed by atoms with van der Waals surface area (Å²) in [6.45, 7) is 6.67. The molecular weight excluding hydrogens is 415 g/mol. The number of benzene rings is 1. The van der Waals surface area contributed by atoms with Crippen molar-refractivity contribution in [2.75, 3.05) is 40.4 Å². The molecule has 0 unspecified atom stereocenters. The van der Waals surface area contributed by atoms with Gasteiger partial charge in [0.25, 0.3) is 0 Å². The first-order chi connectivity index (χ1) is 11.2. The van der Waals surface area contributed by atoms with Gasteiger partial charge in [0, 0.05) is 46.4 Å². The van der Waals surface area contributed by atoms with Gasteiger partial charge in [-0.05, 0) is 30.9 Å². The quantitative estimate of drug-likeness (QED) is 0.348. The molecule has 0 atom stereocenters. The van der Waals surface area contributed by atoms with Gasteiger partial charge < -0.3 is 15.4 Å². The maximum absolute atomic E-state index is 5.20. The van der Waals surface area contributed by atoms with Crippen molar-refractivity contribution >= 4 is 29.9 Å². The normalized spacial score (nSPS) is 14.4. The lowest BCUT2D eigenvalue weighted by Gasteiger charge is -2.22. The number of hydrogen-bond donors (Lipinski definition) is 2. The third kappa shape index (κ3) is 7.36. The molecule has 0 saturated heterocycles. The average Bonchev–Trinajstić information content (AvgIpc) is 3.40. The number of guanidine groups is 1. The van der Waals surface area contributed by atoms with Crippen LogP contribution in [0.1, 0.15) is 24.0 Å². The summed E-state index contributed by atoms with van der Waals surface area (Å²) in [7, 11) is 3.58. The number of nitrogens with one attached hydrogen (secondary N) is 2. The van der Waals surface area contributed by atoms with Crippen LogP contribution in [0, 0.1) is 6.92 Å². The predicted octanol–water partition coefficient (Wildman–Crippen LogP) is 2.39. The Balaban J connectivity index is 0.00000288. The van der Waals surface area contributed by atoms with Crippen LogP contribution in [0.15, 0.2) is 29.3 Å². The lowest BCUT2D eigenvalue weighted by atomic mass is 10.1. The number of nitrogens with zero attached hydrogens (tertiary/aromatic N) is 2. The van der Waals surface area contributed by atoms with E-state index in [1.807, 2.05) is 7.05 Å². The van der Waals surface area contributed by atoms with E-state index in [4.69, 9.17) is 4.74 Å². The number of aryl methyl sites for hydroxylation is 1. The molecule has 0 radical (unpaired) electrons. The topological polar surface area (TPSA) is 48.9 Å². The van der Waals surface area contributed by atoms with Crippen LogP contribution in [0.25, 0.3) is 0 Å². The van der Waals surface area contributed by atoms with Crippen molar-refractivity contribution in [1.82, 2.24) is 15.5 Å². The lowest BCUT2D eigenvalue weighted by Crippen LogP contribution is -2.42. The number of rotatable bonds is 9. The van der Waals surface area contributed by atoms with Crippen LogP contribution in [0.2, 0.25) is 0 Å². The fourth-order valence-corrected chi connectivity index (χ4v) is 2.65. The Morgan fingerprint density at radius 2 is 2.00 bits per heavy atom. The Hall–Kier alpha value is -0.860. The Labute approximate surface area is 163 Å². The Kier molecular flexibility index (Phi) is 10.3. The van der Waals surface area contributed by atoms with E-state index in [-0.39, 0.29) is 24.0 Å². The first-order valence-electron chi connectivity index (χ1n) is 8.46. The zero-order valence-corrected chi connectivity index (χ0v) is 17.4. The van der Waals surface area contributed by atoms with E-state index < -0.39 is 0 Å². The molecule has 1 aliphatic carbocycles. The highest BCUT2D eigenvalue weighted by atomic mass is 127. The summed E-state index contributed by atoms with van der Waals surface area (Å²) < 4.78 is 5.20. The van der Waals surface area contributed by atoms with Crippen molar-refractivity contribution in [3.05, 3.63) is 35.4 Å². The molecule has 2 rings (SSSR count). The van der Waals surface area contributed by atoms with Crippen LogP contribution in [-0.2, 0) is 11.3 Å². The molecule has 0 amide bonds. The number of ether oxygens (including phenoxy) is 1. The average molecular weight is 446 g/mol. The van der Waals surface area contributed by atoms with E-state index in [0.717, 1.165) is 44.8 Å². The molecule has 1 aromatic carbocycles. The van der Waals surface area contributed by atoms with Gasteiger partial charge in [0.15, 0.2) is 5.96 Å². The summed E-state index contributed by atoms with van der Waals surface area (Å²) in [5.74, 6) is 0.857. The Morgan fingerprint density at radius 1 is 1.25 bits per heavy atom. The molecule has 5 nitrogen and oxygen atoms in total. The van der Waals surface area contributed by atoms with Crippen LogP contribution >= 0.6 is 24.0 Å². The SMILES string of the molecule is CN=C(NCCN(CCOC)C1CC1)NCc1ccccc1C.I. The van der Waals surface area contributed by atoms with Crippen molar-refractivity contribution in [1.29, 1.82) is 0 Å². The molecule has 0 aromatic heterocycles. The maximum atomic E-state index is 5.20. The zero-order chi connectivity index (χ0) is 16.5. The molecule has 1 aromatic rings. The van der Waals surface area contributed by atoms with Gasteiger partial charge >= 0.3 is 0 Å². The summed E-state index contributed by atoms with van der Waals surface area (Å²) in [4.78, 5) is 6.81. The van der Waals surface area contributed by atoms with Crippen molar-refractivity contribution in [3.8, 4) is 0 Å². The lowest BCUT2D eigenvalue weighted by molar-refractivity contribution is 0.144. The summed E-state index contributed by atoms with van der Waals surface area (Å²) in [5.41, 5.74) is 2.60. The highest BCUT2D eigenvalue weighted by Gasteiger charge is 2.28. The standard InChI is InChI=1S/C18H30N4O.HI/c1-15-6-4-5-7-16(15)14-21-18(19-2)20-10-11-22(12-13-23-3)17-8-9-17;/h4-7,17H,8-14H2,1-3H3,(H2,19,20,21);1H. The van der Waals surface area contributed by atoms with E-state index in [0.29, 0.717) is 0 Å². The molecule has 6 heteroatoms. The van der Waals surface area contributed by atoms with Gasteiger partial charge in [-0.1, -0.05) is 24.3 Å². The van der Waals surface area contributed by atoms with E-state index in [9.17, 15) is 0 Å². The molecule has 136 valence electrons. The summed E-state index contributed by atoms with van der Waals surface area (Å²) >= 11 is 0. The Bertz CT molecular complexity index is 506. The maximum Gasteiger partial charge on any atom is 0.191 e. The second-order valence-corrected chi connectivity index (χ2v) is 6.04. The summed E-state index contributed by atoms with van der Waals surface area (Å²) in [5, 5.41) is 6.79. The number of halogens is 1. The van der Waals surface area contributed by atoms with Crippen LogP contribution in [0.4, 0.5) is 0 Å². The number of aliphatic imine (C=N–C) groups is 1. The minimum absolute atomic E-state index is 0. The Morgan fingerprint density at radius 3 is 2.62 bits per heavy atom. The largest absolute Gasteiger partial charge is 0.383 e. The molecular formula is C18H31IN4O. The highest BCUT2D eigenvalue weighted by Crippen LogP contribution is 2.25. The van der Waals surface area contributed by atoms with E-state index >= 15 is 0 Å². The fourth-order valence-electron chi connectivity index (χ4n) is 2.65. The molecule has 1 fully saturated rings. The van der Waals surface area contributed by atoms with E-state index in [2.05, 4.69) is 51.7 Å². The molecule has 24 heavy (non-hydrogen) atoms. The monoisotopic (exact) mass is 446 g/mol. The predicted molar refractivity (Wildman–Crippen MR) is 111 cm³/mol. The fraction of sp³-hybridized carbons (Fsp3) is 0.611. The molecule has 1 saturated carbocycles. The summed E-state index contributed by atoms with van der Waals surface area (Å²) in [6.07, 6.45) is 2.65. The van der Waals surface area contributed by atoms with Gasteiger partial charge in [-0.25, -0.2) is 0 Å². The van der Waals surface area contributed by atoms with Gasteiger partial charge in [0.1, 0.15) is 0 Å². The first-order valence-corrected chi connectivity index (χ1v) is 8.46. The van der Waals surface area contributed by atoms with Gasteiger partial charge in [0.05, 0.1) is 6.61 Å². The molecule has 0 bridgehead atoms. The van der Waals surface area contributed by atoms with Crippen molar-refractivity contribution in [3.63, 3.8) is 0 Å². The molecule has 2 N–H and O–H groups in total. The van der Waals surface area contributed by atoms with Gasteiger partial charge in [-0.15, -0.1) is 24.0 Å². The molecule has 0 spiro atoms. The van der Waals surface area contributed by atoms with Crippen LogP contribution in [-0.4, -0.2) is 57.3 Å². The third-order valence-electron chi connectivity index (χ3n) is 4.27. The zero-order valence-electron chi connectivity index (χ0n) is 15.0. The van der Waals surface area contributed by atoms with Crippen molar-refractivity contribution in [2.45, 2.75) is 32.4 Å². The molecule has 0 heterocycles. The smallest absolute Gasteiger partial charge is 0.191 e. The van der Waals surface area contributed by atoms with Crippen LogP contribution < -0.4 is 10.6 Å². The van der Waals surface area contributed by atoms with E-state index in [1.165, 1.54) is 24.0 Å². The van der Waals surface area contributed by atoms with Gasteiger partial charge in [-0.3, -0.25) is 9.89 Å². The van der Waals surface area contributed by atoms with E-state index in [1.54, 1.807) is 7.11 Å². The highest BCUT2D eigenvalue weighted by molar-refractivity contribution is 14.0. The van der Waals surface area contributed by atoms with Crippen LogP contribution in [0.5, 0.6) is 0 Å².